The molecule has 0 aromatic rings. The third-order valence-corrected chi connectivity index (χ3v) is 1.02. The van der Waals surface area contributed by atoms with Gasteiger partial charge >= 0.3 is 5.97 Å². The summed E-state index contributed by atoms with van der Waals surface area (Å²) in [6, 6.07) is 0. The summed E-state index contributed by atoms with van der Waals surface area (Å²) >= 11 is 9.72. The molecule has 0 amide bonds. The fraction of sp³-hybridized carbons (Fsp3) is 0.500. The Morgan fingerprint density at radius 1 is 1.43 bits per heavy atom. The standard InChI is InChI=1S/C6H11NO2.C2H2Cl2O/c1-7(2)5-4-6(8)9-3;3-2(4)1-5/h4-5H,1-3H3;1-2H. The van der Waals surface area contributed by atoms with Crippen LogP contribution in [0.5, 0.6) is 0 Å². The molecular weight excluding hydrogens is 229 g/mol. The van der Waals surface area contributed by atoms with Gasteiger partial charge in [0.2, 0.25) is 0 Å². The van der Waals surface area contributed by atoms with Gasteiger partial charge in [0, 0.05) is 26.4 Å². The molecule has 0 rings (SSSR count). The predicted octanol–water partition coefficient (Wildman–Crippen LogP) is 1.22. The van der Waals surface area contributed by atoms with E-state index >= 15 is 0 Å². The van der Waals surface area contributed by atoms with Crippen LogP contribution < -0.4 is 0 Å². The van der Waals surface area contributed by atoms with Crippen LogP contribution in [0.3, 0.4) is 0 Å². The zero-order chi connectivity index (χ0) is 11.6. The van der Waals surface area contributed by atoms with Gasteiger partial charge in [-0.2, -0.15) is 0 Å². The number of halogens is 2. The van der Waals surface area contributed by atoms with Crippen LogP contribution in [0.15, 0.2) is 12.3 Å². The van der Waals surface area contributed by atoms with Crippen molar-refractivity contribution in [3.05, 3.63) is 12.3 Å². The van der Waals surface area contributed by atoms with E-state index in [0.29, 0.717) is 6.29 Å². The number of hydrogen-bond donors (Lipinski definition) is 0. The number of ether oxygens (including phenoxy) is 1. The zero-order valence-corrected chi connectivity index (χ0v) is 9.75. The number of nitrogens with zero attached hydrogens (tertiary/aromatic N) is 1. The molecule has 0 aliphatic rings. The number of aldehydes is 1. The highest BCUT2D eigenvalue weighted by atomic mass is 35.5. The number of methoxy groups -OCH3 is 1. The average Bonchev–Trinajstić information content (AvgIpc) is 2.14. The van der Waals surface area contributed by atoms with Crippen LogP contribution in [-0.4, -0.2) is 43.2 Å². The highest BCUT2D eigenvalue weighted by molar-refractivity contribution is 6.51. The third-order valence-electron chi connectivity index (χ3n) is 0.813. The molecule has 0 saturated heterocycles. The molecule has 0 heterocycles. The number of carbonyl (C=O) groups is 2. The van der Waals surface area contributed by atoms with Crippen LogP contribution in [0.2, 0.25) is 0 Å². The maximum Gasteiger partial charge on any atom is 0.331 e. The number of carbonyl (C=O) groups excluding carboxylic acids is 2. The molecule has 0 aromatic carbocycles. The van der Waals surface area contributed by atoms with Gasteiger partial charge in [-0.3, -0.25) is 0 Å². The van der Waals surface area contributed by atoms with Crippen LogP contribution in [0.25, 0.3) is 0 Å². The van der Waals surface area contributed by atoms with Crippen molar-refractivity contribution in [1.29, 1.82) is 0 Å². The van der Waals surface area contributed by atoms with Crippen molar-refractivity contribution >= 4 is 35.5 Å². The molecule has 0 fully saturated rings. The van der Waals surface area contributed by atoms with Crippen molar-refractivity contribution in [3.63, 3.8) is 0 Å². The number of alkyl halides is 2. The molecule has 4 nitrogen and oxygen atoms in total. The Labute approximate surface area is 93.4 Å². The lowest BCUT2D eigenvalue weighted by Gasteiger charge is -2.01. The minimum Gasteiger partial charge on any atom is -0.466 e. The van der Waals surface area contributed by atoms with Crippen molar-refractivity contribution in [2.45, 2.75) is 4.84 Å². The van der Waals surface area contributed by atoms with Gasteiger partial charge < -0.3 is 14.4 Å². The molecule has 0 unspecified atom stereocenters. The molecule has 0 atom stereocenters. The lowest BCUT2D eigenvalue weighted by atomic mass is 10.6. The van der Waals surface area contributed by atoms with E-state index in [0.717, 1.165) is 0 Å². The van der Waals surface area contributed by atoms with E-state index in [1.165, 1.54) is 13.2 Å². The third kappa shape index (κ3) is 17.4. The number of esters is 1. The monoisotopic (exact) mass is 241 g/mol. The Morgan fingerprint density at radius 2 is 1.86 bits per heavy atom. The SMILES string of the molecule is COC(=O)C=CN(C)C.O=CC(Cl)Cl. The molecule has 0 N–H and O–H groups in total. The van der Waals surface area contributed by atoms with E-state index in [-0.39, 0.29) is 5.97 Å². The van der Waals surface area contributed by atoms with Crippen LogP contribution in [0.4, 0.5) is 0 Å². The Bertz CT molecular complexity index is 193. The fourth-order valence-corrected chi connectivity index (χ4v) is 0.278. The summed E-state index contributed by atoms with van der Waals surface area (Å²) in [6.07, 6.45) is 3.44. The number of rotatable bonds is 3. The summed E-state index contributed by atoms with van der Waals surface area (Å²) in [7, 11) is 5.02. The van der Waals surface area contributed by atoms with Gasteiger partial charge in [0.1, 0.15) is 0 Å². The summed E-state index contributed by atoms with van der Waals surface area (Å²) in [5.74, 6) is -0.330. The molecular formula is C8H13Cl2NO3. The molecule has 0 aromatic heterocycles. The normalized spacial score (nSPS) is 9.29. The van der Waals surface area contributed by atoms with Crippen molar-refractivity contribution in [1.82, 2.24) is 4.90 Å². The first-order valence-corrected chi connectivity index (χ1v) is 4.47. The van der Waals surface area contributed by atoms with Gasteiger partial charge in [-0.25, -0.2) is 4.79 Å². The van der Waals surface area contributed by atoms with E-state index in [9.17, 15) is 9.59 Å². The molecule has 0 saturated carbocycles. The average molecular weight is 242 g/mol. The highest BCUT2D eigenvalue weighted by Crippen LogP contribution is 1.93. The zero-order valence-electron chi connectivity index (χ0n) is 8.24. The minimum atomic E-state index is -0.852. The molecule has 82 valence electrons. The van der Waals surface area contributed by atoms with Crippen LogP contribution in [0, 0.1) is 0 Å². The van der Waals surface area contributed by atoms with E-state index < -0.39 is 4.84 Å². The Balaban J connectivity index is 0. The van der Waals surface area contributed by atoms with Crippen LogP contribution in [0.1, 0.15) is 0 Å². The first-order valence-electron chi connectivity index (χ1n) is 3.60. The van der Waals surface area contributed by atoms with Crippen LogP contribution >= 0.6 is 23.2 Å². The minimum absolute atomic E-state index is 0.330. The Kier molecular flexibility index (Phi) is 11.6. The molecule has 0 aliphatic carbocycles. The number of hydrogen-bond acceptors (Lipinski definition) is 4. The fourth-order valence-electron chi connectivity index (χ4n) is 0.278. The second kappa shape index (κ2) is 10.3. The van der Waals surface area contributed by atoms with E-state index in [2.05, 4.69) is 4.74 Å². The highest BCUT2D eigenvalue weighted by Gasteiger charge is 1.88. The van der Waals surface area contributed by atoms with Crippen molar-refractivity contribution < 1.29 is 14.3 Å². The molecule has 6 heteroatoms. The van der Waals surface area contributed by atoms with Gasteiger partial charge in [-0.05, 0) is 0 Å². The maximum absolute atomic E-state index is 10.4. The predicted molar refractivity (Wildman–Crippen MR) is 56.4 cm³/mol. The van der Waals surface area contributed by atoms with Gasteiger partial charge in [0.15, 0.2) is 11.1 Å². The maximum atomic E-state index is 10.4. The first-order chi connectivity index (χ1) is 6.43. The molecule has 14 heavy (non-hydrogen) atoms. The van der Waals surface area contributed by atoms with Gasteiger partial charge in [0.25, 0.3) is 0 Å². The summed E-state index contributed by atoms with van der Waals surface area (Å²) in [6.45, 7) is 0. The van der Waals surface area contributed by atoms with Gasteiger partial charge in [-0.15, -0.1) is 0 Å². The summed E-state index contributed by atoms with van der Waals surface area (Å²) < 4.78 is 4.35. The largest absolute Gasteiger partial charge is 0.466 e. The smallest absolute Gasteiger partial charge is 0.331 e. The van der Waals surface area contributed by atoms with E-state index in [1.807, 2.05) is 14.1 Å². The second-order valence-corrected chi connectivity index (χ2v) is 3.44. The molecule has 0 aliphatic heterocycles. The first kappa shape index (κ1) is 15.7. The summed E-state index contributed by atoms with van der Waals surface area (Å²) in [4.78, 5) is 20.5. The van der Waals surface area contributed by atoms with Gasteiger partial charge in [0.05, 0.1) is 7.11 Å². The lowest BCUT2D eigenvalue weighted by Crippen LogP contribution is -2.03. The topological polar surface area (TPSA) is 46.6 Å². The molecule has 0 spiro atoms. The second-order valence-electron chi connectivity index (χ2n) is 2.27. The van der Waals surface area contributed by atoms with Crippen LogP contribution in [-0.2, 0) is 14.3 Å². The van der Waals surface area contributed by atoms with Gasteiger partial charge in [-0.1, -0.05) is 23.2 Å². The van der Waals surface area contributed by atoms with Crippen molar-refractivity contribution in [2.75, 3.05) is 21.2 Å². The Hall–Kier alpha value is -0.740. The Morgan fingerprint density at radius 3 is 2.07 bits per heavy atom. The summed E-state index contributed by atoms with van der Waals surface area (Å²) in [5, 5.41) is 0. The summed E-state index contributed by atoms with van der Waals surface area (Å²) in [5.41, 5.74) is 0. The van der Waals surface area contributed by atoms with Crippen molar-refractivity contribution in [3.8, 4) is 0 Å². The quantitative estimate of drug-likeness (QED) is 0.323. The van der Waals surface area contributed by atoms with E-state index in [4.69, 9.17) is 23.2 Å². The molecule has 0 radical (unpaired) electrons. The van der Waals surface area contributed by atoms with Crippen molar-refractivity contribution in [2.24, 2.45) is 0 Å². The lowest BCUT2D eigenvalue weighted by molar-refractivity contribution is -0.134. The van der Waals surface area contributed by atoms with E-state index in [1.54, 1.807) is 11.1 Å². The molecule has 0 bridgehead atoms.